The van der Waals surface area contributed by atoms with Gasteiger partial charge in [-0.05, 0) is 67.5 Å². The van der Waals surface area contributed by atoms with Gasteiger partial charge in [0.1, 0.15) is 18.5 Å². The van der Waals surface area contributed by atoms with Gasteiger partial charge in [0.25, 0.3) is 0 Å². The molecule has 3 atom stereocenters. The maximum Gasteiger partial charge on any atom is 0.233 e. The minimum Gasteiger partial charge on any atom is -0.491 e. The van der Waals surface area contributed by atoms with E-state index in [2.05, 4.69) is 18.0 Å². The van der Waals surface area contributed by atoms with Crippen molar-refractivity contribution in [1.29, 1.82) is 0 Å². The van der Waals surface area contributed by atoms with Crippen LogP contribution < -0.4 is 5.32 Å². The van der Waals surface area contributed by atoms with Crippen LogP contribution in [0, 0.1) is 5.92 Å². The van der Waals surface area contributed by atoms with Crippen molar-refractivity contribution in [3.63, 3.8) is 0 Å². The Morgan fingerprint density at radius 2 is 2.05 bits per heavy atom. The molecule has 3 unspecified atom stereocenters. The molecule has 0 aromatic heterocycles. The molecule has 0 aliphatic heterocycles. The molecular weight excluding hydrogens is 534 g/mol. The summed E-state index contributed by atoms with van der Waals surface area (Å²) in [5.41, 5.74) is 3.54. The number of amides is 1. The first-order valence-corrected chi connectivity index (χ1v) is 14.9. The number of rotatable bonds is 15. The van der Waals surface area contributed by atoms with Gasteiger partial charge >= 0.3 is 0 Å². The Balaban J connectivity index is 1.69. The van der Waals surface area contributed by atoms with Crippen LogP contribution in [0.4, 0.5) is 0 Å². The topological polar surface area (TPSA) is 73.9 Å². The number of thioether (sulfide) groups is 1. The van der Waals surface area contributed by atoms with Crippen molar-refractivity contribution < 1.29 is 23.8 Å². The van der Waals surface area contributed by atoms with Crippen molar-refractivity contribution in [1.82, 2.24) is 5.32 Å². The minimum atomic E-state index is -0.476. The zero-order chi connectivity index (χ0) is 28.2. The molecule has 1 fully saturated rings. The van der Waals surface area contributed by atoms with E-state index in [-0.39, 0.29) is 12.5 Å². The molecule has 6 nitrogen and oxygen atoms in total. The van der Waals surface area contributed by atoms with Gasteiger partial charge in [0.05, 0.1) is 11.0 Å². The molecule has 1 aromatic rings. The lowest BCUT2D eigenvalue weighted by Crippen LogP contribution is -2.29. The molecule has 0 spiro atoms. The summed E-state index contributed by atoms with van der Waals surface area (Å²) in [5, 5.41) is 2.78. The molecule has 3 rings (SSSR count). The van der Waals surface area contributed by atoms with Crippen LogP contribution in [0.1, 0.15) is 70.5 Å². The fraction of sp³-hybridized carbons (Fsp3) is 0.484. The largest absolute Gasteiger partial charge is 0.491 e. The number of hydrogen-bond acceptors (Lipinski definition) is 6. The van der Waals surface area contributed by atoms with Crippen LogP contribution in [0.3, 0.4) is 0 Å². The van der Waals surface area contributed by atoms with Gasteiger partial charge in [-0.1, -0.05) is 74.0 Å². The second kappa shape index (κ2) is 15.9. The summed E-state index contributed by atoms with van der Waals surface area (Å²) in [6.07, 6.45) is 11.7. The zero-order valence-corrected chi connectivity index (χ0v) is 24.7. The SMILES string of the molecule is C=C(OC(CC)OC(COC1=CCC=C(CC(SC=O)C(=O)NC)C=C1C)c1cccc(Cl)c1)C1CCCC1. The lowest BCUT2D eigenvalue weighted by atomic mass is 10.1. The lowest BCUT2D eigenvalue weighted by molar-refractivity contribution is -0.167. The van der Waals surface area contributed by atoms with E-state index in [1.165, 1.54) is 12.8 Å². The van der Waals surface area contributed by atoms with Crippen molar-refractivity contribution in [3.05, 3.63) is 82.3 Å². The summed E-state index contributed by atoms with van der Waals surface area (Å²) in [6.45, 7) is 8.47. The van der Waals surface area contributed by atoms with E-state index in [1.54, 1.807) is 7.05 Å². The van der Waals surface area contributed by atoms with E-state index >= 15 is 0 Å². The molecule has 0 saturated heterocycles. The van der Waals surface area contributed by atoms with Crippen LogP contribution in [0.5, 0.6) is 0 Å². The molecule has 8 heteroatoms. The summed E-state index contributed by atoms with van der Waals surface area (Å²) in [5.74, 6) is 1.78. The molecule has 1 N–H and O–H groups in total. The Labute approximate surface area is 241 Å². The maximum absolute atomic E-state index is 12.2. The molecule has 0 radical (unpaired) electrons. The third-order valence-corrected chi connectivity index (χ3v) is 8.06. The van der Waals surface area contributed by atoms with Crippen LogP contribution in [-0.4, -0.2) is 36.7 Å². The van der Waals surface area contributed by atoms with E-state index in [4.69, 9.17) is 25.8 Å². The highest BCUT2D eigenvalue weighted by atomic mass is 35.5. The predicted octanol–water partition coefficient (Wildman–Crippen LogP) is 7.46. The Morgan fingerprint density at radius 3 is 2.72 bits per heavy atom. The predicted molar refractivity (Wildman–Crippen MR) is 159 cm³/mol. The van der Waals surface area contributed by atoms with Crippen LogP contribution in [0.25, 0.3) is 0 Å². The fourth-order valence-corrected chi connectivity index (χ4v) is 5.70. The summed E-state index contributed by atoms with van der Waals surface area (Å²) >= 11 is 7.30. The fourth-order valence-electron chi connectivity index (χ4n) is 4.84. The Bertz CT molecular complexity index is 1090. The second-order valence-electron chi connectivity index (χ2n) is 9.84. The number of benzene rings is 1. The van der Waals surface area contributed by atoms with E-state index in [1.807, 2.05) is 50.3 Å². The summed E-state index contributed by atoms with van der Waals surface area (Å²) in [4.78, 5) is 23.2. The number of carbonyl (C=O) groups excluding carboxylic acids is 2. The molecule has 0 bridgehead atoms. The number of ether oxygens (including phenoxy) is 3. The number of carbonyl (C=O) groups is 2. The van der Waals surface area contributed by atoms with Gasteiger partial charge in [-0.15, -0.1) is 0 Å². The van der Waals surface area contributed by atoms with E-state index in [0.29, 0.717) is 35.8 Å². The first kappa shape index (κ1) is 31.1. The monoisotopic (exact) mass is 573 g/mol. The van der Waals surface area contributed by atoms with Crippen molar-refractivity contribution in [3.8, 4) is 0 Å². The highest BCUT2D eigenvalue weighted by molar-refractivity contribution is 8.13. The van der Waals surface area contributed by atoms with Crippen LogP contribution in [0.2, 0.25) is 5.02 Å². The molecule has 2 aliphatic rings. The molecule has 0 heterocycles. The minimum absolute atomic E-state index is 0.169. The third-order valence-electron chi connectivity index (χ3n) is 7.01. The Morgan fingerprint density at radius 1 is 1.28 bits per heavy atom. The average molecular weight is 574 g/mol. The van der Waals surface area contributed by atoms with Gasteiger partial charge in [0, 0.05) is 24.4 Å². The van der Waals surface area contributed by atoms with Gasteiger partial charge < -0.3 is 19.5 Å². The van der Waals surface area contributed by atoms with Crippen molar-refractivity contribution in [2.24, 2.45) is 5.92 Å². The zero-order valence-electron chi connectivity index (χ0n) is 23.1. The Kier molecular flexibility index (Phi) is 12.7. The van der Waals surface area contributed by atoms with Gasteiger partial charge in [0.2, 0.25) is 5.91 Å². The van der Waals surface area contributed by atoms with Crippen LogP contribution >= 0.6 is 23.4 Å². The van der Waals surface area contributed by atoms with Gasteiger partial charge in [-0.25, -0.2) is 0 Å². The molecule has 1 aromatic carbocycles. The standard InChI is InChI=1S/C31H40ClNO5S/c1-5-30(37-22(3)24-11-6-7-12-24)38-28(25-13-9-14-26(32)18-25)19-36-27-15-8-10-23(16-21(27)2)17-29(39-20-34)31(35)33-4/h9-10,13-16,18,20,24,28-30H,3,5-8,11-12,17,19H2,1-2,4H3,(H,33,35). The van der Waals surface area contributed by atoms with E-state index in [9.17, 15) is 9.59 Å². The van der Waals surface area contributed by atoms with Gasteiger partial charge in [-0.3, -0.25) is 9.59 Å². The normalized spacial score (nSPS) is 18.1. The van der Waals surface area contributed by atoms with E-state index < -0.39 is 17.6 Å². The van der Waals surface area contributed by atoms with Crippen molar-refractivity contribution in [2.75, 3.05) is 13.7 Å². The summed E-state index contributed by atoms with van der Waals surface area (Å²) in [6, 6.07) is 7.61. The van der Waals surface area contributed by atoms with Gasteiger partial charge in [-0.2, -0.15) is 0 Å². The average Bonchev–Trinajstić information content (AvgIpc) is 3.41. The third kappa shape index (κ3) is 9.59. The number of allylic oxidation sites excluding steroid dienone is 6. The van der Waals surface area contributed by atoms with Crippen molar-refractivity contribution in [2.45, 2.75) is 76.4 Å². The van der Waals surface area contributed by atoms with Crippen LogP contribution in [0.15, 0.2) is 71.7 Å². The summed E-state index contributed by atoms with van der Waals surface area (Å²) < 4.78 is 19.0. The smallest absolute Gasteiger partial charge is 0.233 e. The first-order valence-electron chi connectivity index (χ1n) is 13.6. The highest BCUT2D eigenvalue weighted by Gasteiger charge is 2.25. The first-order chi connectivity index (χ1) is 18.8. The molecule has 1 saturated carbocycles. The highest BCUT2D eigenvalue weighted by Crippen LogP contribution is 2.33. The number of hydrogen-bond donors (Lipinski definition) is 1. The van der Waals surface area contributed by atoms with Crippen LogP contribution in [-0.2, 0) is 23.8 Å². The lowest BCUT2D eigenvalue weighted by Gasteiger charge is -2.28. The second-order valence-corrected chi connectivity index (χ2v) is 11.3. The molecular formula is C31H40ClNO5S. The number of halogens is 1. The molecule has 212 valence electrons. The number of nitrogens with one attached hydrogen (secondary N) is 1. The molecule has 39 heavy (non-hydrogen) atoms. The Hall–Kier alpha value is -2.48. The summed E-state index contributed by atoms with van der Waals surface area (Å²) in [7, 11) is 1.58. The molecule has 1 amide bonds. The maximum atomic E-state index is 12.2. The van der Waals surface area contributed by atoms with Gasteiger partial charge in [0.15, 0.2) is 11.9 Å². The van der Waals surface area contributed by atoms with E-state index in [0.717, 1.165) is 52.8 Å². The quantitative estimate of drug-likeness (QED) is 0.133. The van der Waals surface area contributed by atoms with Crippen molar-refractivity contribution >= 4 is 34.9 Å². The molecule has 2 aliphatic carbocycles.